The van der Waals surface area contributed by atoms with Gasteiger partial charge in [0.15, 0.2) is 0 Å². The third-order valence-electron chi connectivity index (χ3n) is 6.48. The van der Waals surface area contributed by atoms with Gasteiger partial charge in [0.25, 0.3) is 15.9 Å². The average Bonchev–Trinajstić information content (AvgIpc) is 2.79. The fourth-order valence-electron chi connectivity index (χ4n) is 4.99. The largest absolute Gasteiger partial charge is 0.394 e. The number of aliphatic hydroxyl groups excluding tert-OH is 1. The van der Waals surface area contributed by atoms with E-state index < -0.39 is 16.1 Å². The number of hydrogen-bond donors (Lipinski definition) is 1. The summed E-state index contributed by atoms with van der Waals surface area (Å²) < 4.78 is 28.7. The van der Waals surface area contributed by atoms with E-state index in [1.54, 1.807) is 53.4 Å². The van der Waals surface area contributed by atoms with Crippen LogP contribution in [0.25, 0.3) is 0 Å². The normalized spacial score (nSPS) is 22.0. The van der Waals surface area contributed by atoms with Crippen molar-refractivity contribution >= 4 is 21.6 Å². The van der Waals surface area contributed by atoms with Gasteiger partial charge in [0.1, 0.15) is 0 Å². The fourth-order valence-corrected chi connectivity index (χ4v) is 6.60. The lowest BCUT2D eigenvalue weighted by Gasteiger charge is -2.58. The molecule has 2 heterocycles. The molecule has 1 saturated heterocycles. The van der Waals surface area contributed by atoms with Crippen molar-refractivity contribution in [3.63, 3.8) is 0 Å². The second-order valence-electron chi connectivity index (χ2n) is 8.33. The SMILES string of the molecule is Cc1cccc(S(=O)(=O)N2C[C@H]3[C@@H](c4ccccc42)[C@@H](CO)N3C(=O)c2ccccc2)c1. The zero-order valence-electron chi connectivity index (χ0n) is 17.6. The number of anilines is 1. The van der Waals surface area contributed by atoms with Gasteiger partial charge in [-0.05, 0) is 48.4 Å². The van der Waals surface area contributed by atoms with Crippen LogP contribution in [0.4, 0.5) is 5.69 Å². The number of amides is 1. The number of para-hydroxylation sites is 1. The zero-order chi connectivity index (χ0) is 22.5. The minimum atomic E-state index is -3.83. The van der Waals surface area contributed by atoms with Crippen LogP contribution in [-0.2, 0) is 10.0 Å². The van der Waals surface area contributed by atoms with Gasteiger partial charge >= 0.3 is 0 Å². The zero-order valence-corrected chi connectivity index (χ0v) is 18.4. The highest BCUT2D eigenvalue weighted by Gasteiger charge is 2.56. The van der Waals surface area contributed by atoms with Crippen molar-refractivity contribution in [2.45, 2.75) is 29.8 Å². The predicted octanol–water partition coefficient (Wildman–Crippen LogP) is 3.17. The monoisotopic (exact) mass is 448 g/mol. The van der Waals surface area contributed by atoms with Crippen LogP contribution in [0.1, 0.15) is 27.4 Å². The number of rotatable bonds is 4. The topological polar surface area (TPSA) is 77.9 Å². The molecule has 0 aliphatic carbocycles. The van der Waals surface area contributed by atoms with Gasteiger partial charge < -0.3 is 10.0 Å². The highest BCUT2D eigenvalue weighted by atomic mass is 32.2. The first-order valence-electron chi connectivity index (χ1n) is 10.6. The molecule has 0 bridgehead atoms. The first kappa shape index (κ1) is 20.7. The molecule has 164 valence electrons. The van der Waals surface area contributed by atoms with Crippen molar-refractivity contribution in [3.05, 3.63) is 95.6 Å². The molecule has 1 amide bonds. The number of fused-ring (bicyclic) bond motifs is 3. The fraction of sp³-hybridized carbons (Fsp3) is 0.240. The smallest absolute Gasteiger partial charge is 0.264 e. The van der Waals surface area contributed by atoms with E-state index in [-0.39, 0.29) is 35.9 Å². The van der Waals surface area contributed by atoms with E-state index >= 15 is 0 Å². The molecular weight excluding hydrogens is 424 g/mol. The Hall–Kier alpha value is -3.16. The van der Waals surface area contributed by atoms with E-state index in [2.05, 4.69) is 0 Å². The number of aryl methyl sites for hydroxylation is 1. The van der Waals surface area contributed by atoms with E-state index in [1.807, 2.05) is 37.3 Å². The first-order chi connectivity index (χ1) is 15.4. The number of likely N-dealkylation sites (tertiary alicyclic amines) is 1. The third-order valence-corrected chi connectivity index (χ3v) is 8.26. The molecule has 3 aromatic rings. The molecule has 3 atom stereocenters. The minimum Gasteiger partial charge on any atom is -0.394 e. The first-order valence-corrected chi connectivity index (χ1v) is 12.0. The molecule has 0 unspecified atom stereocenters. The highest BCUT2D eigenvalue weighted by Crippen LogP contribution is 2.49. The van der Waals surface area contributed by atoms with Crippen LogP contribution in [0.2, 0.25) is 0 Å². The summed E-state index contributed by atoms with van der Waals surface area (Å²) in [4.78, 5) is 15.2. The molecule has 7 heteroatoms. The molecule has 0 aromatic heterocycles. The van der Waals surface area contributed by atoms with E-state index in [0.29, 0.717) is 11.3 Å². The van der Waals surface area contributed by atoms with E-state index in [1.165, 1.54) is 4.31 Å². The number of hydrogen-bond acceptors (Lipinski definition) is 4. The van der Waals surface area contributed by atoms with Crippen molar-refractivity contribution < 1.29 is 18.3 Å². The average molecular weight is 449 g/mol. The predicted molar refractivity (Wildman–Crippen MR) is 122 cm³/mol. The van der Waals surface area contributed by atoms with Gasteiger partial charge in [-0.3, -0.25) is 9.10 Å². The Morgan fingerprint density at radius 1 is 1.00 bits per heavy atom. The maximum Gasteiger partial charge on any atom is 0.264 e. The molecular formula is C25H24N2O4S. The van der Waals surface area contributed by atoms with Gasteiger partial charge in [-0.1, -0.05) is 48.5 Å². The van der Waals surface area contributed by atoms with Crippen LogP contribution < -0.4 is 4.31 Å². The van der Waals surface area contributed by atoms with E-state index in [4.69, 9.17) is 0 Å². The molecule has 0 radical (unpaired) electrons. The Morgan fingerprint density at radius 2 is 1.72 bits per heavy atom. The standard InChI is InChI=1S/C25H24N2O4S/c1-17-8-7-11-19(14-17)32(30,31)26-15-22-24(20-12-5-6-13-21(20)26)23(16-28)27(22)25(29)18-9-3-2-4-10-18/h2-14,22-24,28H,15-16H2,1H3/t22-,23+,24+/m0/s1. The van der Waals surface area contributed by atoms with Gasteiger partial charge in [0.2, 0.25) is 0 Å². The number of carbonyl (C=O) groups excluding carboxylic acids is 1. The molecule has 1 fully saturated rings. The Labute approximate surface area is 187 Å². The Kier molecular flexibility index (Phi) is 5.03. The summed E-state index contributed by atoms with van der Waals surface area (Å²) in [5.41, 5.74) is 2.84. The number of nitrogens with zero attached hydrogens (tertiary/aromatic N) is 2. The molecule has 0 saturated carbocycles. The van der Waals surface area contributed by atoms with Crippen LogP contribution in [0.15, 0.2) is 83.8 Å². The summed E-state index contributed by atoms with van der Waals surface area (Å²) in [7, 11) is -3.83. The van der Waals surface area contributed by atoms with Gasteiger partial charge in [-0.2, -0.15) is 0 Å². The van der Waals surface area contributed by atoms with Crippen molar-refractivity contribution in [1.82, 2.24) is 4.90 Å². The van der Waals surface area contributed by atoms with Crippen molar-refractivity contribution in [2.24, 2.45) is 0 Å². The minimum absolute atomic E-state index is 0.118. The second-order valence-corrected chi connectivity index (χ2v) is 10.2. The molecule has 5 rings (SSSR count). The molecule has 2 aliphatic heterocycles. The molecule has 32 heavy (non-hydrogen) atoms. The van der Waals surface area contributed by atoms with Crippen LogP contribution in [0.5, 0.6) is 0 Å². The van der Waals surface area contributed by atoms with Gasteiger partial charge in [-0.15, -0.1) is 0 Å². The van der Waals surface area contributed by atoms with Crippen molar-refractivity contribution in [3.8, 4) is 0 Å². The molecule has 3 aromatic carbocycles. The Morgan fingerprint density at radius 3 is 2.44 bits per heavy atom. The lowest BCUT2D eigenvalue weighted by molar-refractivity contribution is -0.0235. The summed E-state index contributed by atoms with van der Waals surface area (Å²) in [5, 5.41) is 10.1. The second kappa shape index (κ2) is 7.76. The quantitative estimate of drug-likeness (QED) is 0.665. The number of aliphatic hydroxyl groups is 1. The summed E-state index contributed by atoms with van der Waals surface area (Å²) in [5.74, 6) is -0.314. The molecule has 1 N–H and O–H groups in total. The lowest BCUT2D eigenvalue weighted by atomic mass is 9.72. The lowest BCUT2D eigenvalue weighted by Crippen LogP contribution is -2.70. The highest BCUT2D eigenvalue weighted by molar-refractivity contribution is 7.92. The maximum absolute atomic E-state index is 13.6. The van der Waals surface area contributed by atoms with E-state index in [0.717, 1.165) is 11.1 Å². The van der Waals surface area contributed by atoms with Crippen LogP contribution >= 0.6 is 0 Å². The molecule has 6 nitrogen and oxygen atoms in total. The summed E-state index contributed by atoms with van der Waals surface area (Å²) >= 11 is 0. The Bertz CT molecular complexity index is 1280. The maximum atomic E-state index is 13.6. The van der Waals surface area contributed by atoms with Gasteiger partial charge in [-0.25, -0.2) is 8.42 Å². The number of benzene rings is 3. The van der Waals surface area contributed by atoms with Gasteiger partial charge in [0, 0.05) is 11.5 Å². The van der Waals surface area contributed by atoms with Crippen LogP contribution in [0, 0.1) is 6.92 Å². The van der Waals surface area contributed by atoms with E-state index in [9.17, 15) is 18.3 Å². The van der Waals surface area contributed by atoms with Crippen LogP contribution in [0.3, 0.4) is 0 Å². The summed E-state index contributed by atoms with van der Waals surface area (Å²) in [6.07, 6.45) is 0. The third kappa shape index (κ3) is 3.12. The number of sulfonamides is 1. The van der Waals surface area contributed by atoms with Crippen molar-refractivity contribution in [2.75, 3.05) is 17.5 Å². The Balaban J connectivity index is 1.58. The van der Waals surface area contributed by atoms with Gasteiger partial charge in [0.05, 0.1) is 35.8 Å². The summed E-state index contributed by atoms with van der Waals surface area (Å²) in [6.45, 7) is 1.82. The summed E-state index contributed by atoms with van der Waals surface area (Å²) in [6, 6.07) is 22.4. The molecule has 2 aliphatic rings. The number of carbonyl (C=O) groups is 1. The molecule has 0 spiro atoms. The van der Waals surface area contributed by atoms with Crippen LogP contribution in [-0.4, -0.2) is 49.6 Å². The van der Waals surface area contributed by atoms with Crippen molar-refractivity contribution in [1.29, 1.82) is 0 Å².